The van der Waals surface area contributed by atoms with Crippen LogP contribution in [0.5, 0.6) is 0 Å². The first kappa shape index (κ1) is 10.0. The summed E-state index contributed by atoms with van der Waals surface area (Å²) in [6, 6.07) is 4.55. The largest absolute Gasteiger partial charge is 0.330 e. The van der Waals surface area contributed by atoms with Crippen molar-refractivity contribution in [3.63, 3.8) is 0 Å². The third-order valence-corrected chi connectivity index (χ3v) is 1.83. The van der Waals surface area contributed by atoms with E-state index in [0.29, 0.717) is 18.5 Å². The lowest BCUT2D eigenvalue weighted by atomic mass is 10.2. The molecule has 68 valence electrons. The number of nitrogens with two attached hydrogens (primary N) is 1. The third-order valence-electron chi connectivity index (χ3n) is 1.44. The minimum Gasteiger partial charge on any atom is -0.330 e. The van der Waals surface area contributed by atoms with E-state index in [4.69, 9.17) is 17.3 Å². The van der Waals surface area contributed by atoms with Crippen molar-refractivity contribution >= 4 is 11.6 Å². The van der Waals surface area contributed by atoms with Crippen LogP contribution in [-0.4, -0.2) is 6.54 Å². The highest BCUT2D eigenvalue weighted by molar-refractivity contribution is 6.31. The van der Waals surface area contributed by atoms with E-state index in [1.165, 1.54) is 6.07 Å². The molecule has 0 spiro atoms. The van der Waals surface area contributed by atoms with Gasteiger partial charge >= 0.3 is 0 Å². The zero-order chi connectivity index (χ0) is 9.68. The molecular formula is C10H9ClFN. The first-order valence-corrected chi connectivity index (χ1v) is 4.26. The van der Waals surface area contributed by atoms with Gasteiger partial charge in [-0.3, -0.25) is 0 Å². The van der Waals surface area contributed by atoms with Crippen LogP contribution in [0, 0.1) is 17.7 Å². The molecule has 1 nitrogen and oxygen atoms in total. The van der Waals surface area contributed by atoms with Gasteiger partial charge in [0.2, 0.25) is 0 Å². The number of rotatable bonds is 1. The maximum atomic E-state index is 12.9. The Kier molecular flexibility index (Phi) is 3.75. The molecule has 0 saturated carbocycles. The molecule has 0 aromatic heterocycles. The molecule has 0 amide bonds. The van der Waals surface area contributed by atoms with Crippen LogP contribution in [0.15, 0.2) is 18.2 Å². The maximum absolute atomic E-state index is 12.9. The smallest absolute Gasteiger partial charge is 0.143 e. The van der Waals surface area contributed by atoms with Crippen LogP contribution in [-0.2, 0) is 0 Å². The Morgan fingerprint density at radius 3 is 2.92 bits per heavy atom. The second-order valence-corrected chi connectivity index (χ2v) is 2.82. The standard InChI is InChI=1S/C10H9ClFN/c11-10-8(4-1-2-7-13)5-3-6-9(10)12/h3,5-6H,2,7,13H2. The summed E-state index contributed by atoms with van der Waals surface area (Å²) in [5.41, 5.74) is 5.76. The lowest BCUT2D eigenvalue weighted by Crippen LogP contribution is -1.95. The summed E-state index contributed by atoms with van der Waals surface area (Å²) in [6.45, 7) is 0.500. The molecule has 0 atom stereocenters. The summed E-state index contributed by atoms with van der Waals surface area (Å²) in [4.78, 5) is 0. The molecular weight excluding hydrogens is 189 g/mol. The third kappa shape index (κ3) is 2.73. The van der Waals surface area contributed by atoms with Crippen LogP contribution < -0.4 is 5.73 Å². The fourth-order valence-corrected chi connectivity index (χ4v) is 1.00. The predicted molar refractivity (Wildman–Crippen MR) is 52.0 cm³/mol. The van der Waals surface area contributed by atoms with E-state index in [2.05, 4.69) is 11.8 Å². The predicted octanol–water partition coefficient (Wildman–Crippen LogP) is 2.18. The summed E-state index contributed by atoms with van der Waals surface area (Å²) in [7, 11) is 0. The van der Waals surface area contributed by atoms with Gasteiger partial charge in [-0.1, -0.05) is 29.5 Å². The molecule has 0 aliphatic rings. The Bertz CT molecular complexity index is 352. The molecule has 0 aliphatic heterocycles. The van der Waals surface area contributed by atoms with E-state index in [1.54, 1.807) is 12.1 Å². The molecule has 0 aliphatic carbocycles. The average Bonchev–Trinajstić information content (AvgIpc) is 2.13. The van der Waals surface area contributed by atoms with Gasteiger partial charge in [-0.15, -0.1) is 0 Å². The van der Waals surface area contributed by atoms with Gasteiger partial charge in [0.05, 0.1) is 5.02 Å². The monoisotopic (exact) mass is 197 g/mol. The topological polar surface area (TPSA) is 26.0 Å². The van der Waals surface area contributed by atoms with E-state index in [1.807, 2.05) is 0 Å². The molecule has 3 heteroatoms. The molecule has 0 saturated heterocycles. The van der Waals surface area contributed by atoms with Gasteiger partial charge in [0.1, 0.15) is 5.82 Å². The molecule has 13 heavy (non-hydrogen) atoms. The van der Waals surface area contributed by atoms with Crippen LogP contribution in [0.3, 0.4) is 0 Å². The molecule has 0 unspecified atom stereocenters. The van der Waals surface area contributed by atoms with Crippen molar-refractivity contribution in [1.29, 1.82) is 0 Å². The first-order valence-electron chi connectivity index (χ1n) is 3.88. The van der Waals surface area contributed by atoms with E-state index >= 15 is 0 Å². The van der Waals surface area contributed by atoms with Gasteiger partial charge in [0.15, 0.2) is 0 Å². The minimum absolute atomic E-state index is 0.0759. The van der Waals surface area contributed by atoms with Gasteiger partial charge in [-0.2, -0.15) is 0 Å². The molecule has 1 rings (SSSR count). The molecule has 0 radical (unpaired) electrons. The van der Waals surface area contributed by atoms with Crippen molar-refractivity contribution < 1.29 is 4.39 Å². The molecule has 2 N–H and O–H groups in total. The fraction of sp³-hybridized carbons (Fsp3) is 0.200. The lowest BCUT2D eigenvalue weighted by Gasteiger charge is -1.95. The SMILES string of the molecule is NCCC#Cc1cccc(F)c1Cl. The normalized spacial score (nSPS) is 9.15. The highest BCUT2D eigenvalue weighted by Crippen LogP contribution is 2.18. The molecule has 0 fully saturated rings. The Balaban J connectivity index is 2.91. The van der Waals surface area contributed by atoms with Crippen LogP contribution in [0.1, 0.15) is 12.0 Å². The van der Waals surface area contributed by atoms with Crippen molar-refractivity contribution in [2.24, 2.45) is 5.73 Å². The fourth-order valence-electron chi connectivity index (χ4n) is 0.830. The van der Waals surface area contributed by atoms with Crippen molar-refractivity contribution in [3.05, 3.63) is 34.6 Å². The van der Waals surface area contributed by atoms with E-state index in [0.717, 1.165) is 0 Å². The lowest BCUT2D eigenvalue weighted by molar-refractivity contribution is 0.628. The molecule has 0 bridgehead atoms. The summed E-state index contributed by atoms with van der Waals surface area (Å²) in [5, 5.41) is 0.0759. The molecule has 0 heterocycles. The number of hydrogen-bond donors (Lipinski definition) is 1. The van der Waals surface area contributed by atoms with Crippen molar-refractivity contribution in [3.8, 4) is 11.8 Å². The van der Waals surface area contributed by atoms with E-state index in [9.17, 15) is 4.39 Å². The average molecular weight is 198 g/mol. The van der Waals surface area contributed by atoms with Gasteiger partial charge < -0.3 is 5.73 Å². The van der Waals surface area contributed by atoms with E-state index < -0.39 is 5.82 Å². The van der Waals surface area contributed by atoms with Crippen molar-refractivity contribution in [1.82, 2.24) is 0 Å². The van der Waals surface area contributed by atoms with Crippen LogP contribution in [0.4, 0.5) is 4.39 Å². The van der Waals surface area contributed by atoms with Crippen LogP contribution in [0.25, 0.3) is 0 Å². The Hall–Kier alpha value is -1.04. The van der Waals surface area contributed by atoms with Crippen LogP contribution in [0.2, 0.25) is 5.02 Å². The van der Waals surface area contributed by atoms with Gasteiger partial charge in [-0.25, -0.2) is 4.39 Å². The van der Waals surface area contributed by atoms with E-state index in [-0.39, 0.29) is 5.02 Å². The van der Waals surface area contributed by atoms with Gasteiger partial charge in [0.25, 0.3) is 0 Å². The number of hydrogen-bond acceptors (Lipinski definition) is 1. The second kappa shape index (κ2) is 4.86. The number of halogens is 2. The maximum Gasteiger partial charge on any atom is 0.143 e. The van der Waals surface area contributed by atoms with Gasteiger partial charge in [-0.05, 0) is 12.1 Å². The van der Waals surface area contributed by atoms with Crippen LogP contribution >= 0.6 is 11.6 Å². The van der Waals surface area contributed by atoms with Gasteiger partial charge in [0, 0.05) is 18.5 Å². The van der Waals surface area contributed by atoms with Crippen molar-refractivity contribution in [2.75, 3.05) is 6.54 Å². The summed E-state index contributed by atoms with van der Waals surface area (Å²) in [5.74, 6) is 5.10. The summed E-state index contributed by atoms with van der Waals surface area (Å²) in [6.07, 6.45) is 0.590. The quantitative estimate of drug-likeness (QED) is 0.687. The Labute approximate surface area is 81.7 Å². The summed E-state index contributed by atoms with van der Waals surface area (Å²) >= 11 is 5.66. The minimum atomic E-state index is -0.443. The van der Waals surface area contributed by atoms with Crippen molar-refractivity contribution in [2.45, 2.75) is 6.42 Å². The summed E-state index contributed by atoms with van der Waals surface area (Å²) < 4.78 is 12.9. The highest BCUT2D eigenvalue weighted by Gasteiger charge is 2.01. The zero-order valence-corrected chi connectivity index (χ0v) is 7.74. The Morgan fingerprint density at radius 2 is 2.23 bits per heavy atom. The number of benzene rings is 1. The first-order chi connectivity index (χ1) is 6.25. The molecule has 1 aromatic carbocycles. The Morgan fingerprint density at radius 1 is 1.46 bits per heavy atom. The highest BCUT2D eigenvalue weighted by atomic mass is 35.5. The second-order valence-electron chi connectivity index (χ2n) is 2.44. The molecule has 1 aromatic rings. The zero-order valence-electron chi connectivity index (χ0n) is 6.98.